The van der Waals surface area contributed by atoms with E-state index in [-0.39, 0.29) is 0 Å². The molecule has 0 spiro atoms. The van der Waals surface area contributed by atoms with Gasteiger partial charge in [0.05, 0.1) is 30.1 Å². The number of nitrogens with zero attached hydrogens (tertiary/aromatic N) is 3. The maximum absolute atomic E-state index is 5.39. The number of rotatable bonds is 5. The summed E-state index contributed by atoms with van der Waals surface area (Å²) < 4.78 is 16.1. The lowest BCUT2D eigenvalue weighted by atomic mass is 10.1. The zero-order valence-corrected chi connectivity index (χ0v) is 17.1. The van der Waals surface area contributed by atoms with Gasteiger partial charge >= 0.3 is 0 Å². The van der Waals surface area contributed by atoms with E-state index in [2.05, 4.69) is 52.1 Å². The van der Waals surface area contributed by atoms with Crippen LogP contribution in [0.2, 0.25) is 0 Å². The average molecular weight is 394 g/mol. The quantitative estimate of drug-likeness (QED) is 0.483. The SMILES string of the molecule is COc1ccc(CCn2cccc3n(C)sc4ccc(OC)cc4nc2-3)cc1. The van der Waals surface area contributed by atoms with E-state index in [9.17, 15) is 0 Å². The van der Waals surface area contributed by atoms with Crippen molar-refractivity contribution in [2.45, 2.75) is 13.0 Å². The number of pyridine rings is 1. The second-order valence-corrected chi connectivity index (χ2v) is 7.71. The van der Waals surface area contributed by atoms with E-state index in [1.165, 1.54) is 5.56 Å². The van der Waals surface area contributed by atoms with Crippen LogP contribution in [0.4, 0.5) is 0 Å². The standard InChI is InChI=1S/C22H23N3O2S/c1-24-20-5-4-13-25(14-12-16-6-8-17(26-2)9-7-16)22(20)23-19-15-18(27-3)10-11-21(19)28-24/h4-11,13,15H,12,14H2,1-3H3. The molecule has 0 fully saturated rings. The Morgan fingerprint density at radius 2 is 1.71 bits per heavy atom. The van der Waals surface area contributed by atoms with E-state index < -0.39 is 0 Å². The first-order chi connectivity index (χ1) is 13.7. The first-order valence-electron chi connectivity index (χ1n) is 9.15. The van der Waals surface area contributed by atoms with Gasteiger partial charge in [-0.2, -0.15) is 0 Å². The minimum Gasteiger partial charge on any atom is -0.497 e. The monoisotopic (exact) mass is 393 g/mol. The number of methoxy groups -OCH3 is 2. The van der Waals surface area contributed by atoms with Gasteiger partial charge in [-0.15, -0.1) is 0 Å². The highest BCUT2D eigenvalue weighted by molar-refractivity contribution is 7.13. The van der Waals surface area contributed by atoms with E-state index in [0.29, 0.717) is 0 Å². The minimum absolute atomic E-state index is 0.815. The van der Waals surface area contributed by atoms with Crippen molar-refractivity contribution >= 4 is 21.7 Å². The molecule has 4 rings (SSSR count). The molecule has 6 heteroatoms. The fourth-order valence-electron chi connectivity index (χ4n) is 3.22. The van der Waals surface area contributed by atoms with Crippen LogP contribution in [0.1, 0.15) is 5.56 Å². The normalized spacial score (nSPS) is 11.0. The van der Waals surface area contributed by atoms with Crippen molar-refractivity contribution in [3.8, 4) is 23.0 Å². The van der Waals surface area contributed by atoms with Crippen LogP contribution < -0.4 is 9.47 Å². The molecule has 0 atom stereocenters. The van der Waals surface area contributed by atoms with Gasteiger partial charge in [-0.25, -0.2) is 4.98 Å². The number of hydrogen-bond donors (Lipinski definition) is 0. The first kappa shape index (κ1) is 18.4. The Kier molecular flexibility index (Phi) is 5.21. The molecule has 144 valence electrons. The Labute approximate surface area is 168 Å². The van der Waals surface area contributed by atoms with Crippen molar-refractivity contribution in [3.05, 3.63) is 66.4 Å². The van der Waals surface area contributed by atoms with Gasteiger partial charge in [0.2, 0.25) is 0 Å². The Hall–Kier alpha value is -2.99. The number of hydrogen-bond acceptors (Lipinski definition) is 4. The second kappa shape index (κ2) is 7.94. The summed E-state index contributed by atoms with van der Waals surface area (Å²) in [4.78, 5) is 5.00. The lowest BCUT2D eigenvalue weighted by molar-refractivity contribution is 0.414. The highest BCUT2D eigenvalue weighted by atomic mass is 32.1. The van der Waals surface area contributed by atoms with Crippen molar-refractivity contribution in [1.82, 2.24) is 13.5 Å². The van der Waals surface area contributed by atoms with Crippen molar-refractivity contribution in [1.29, 1.82) is 0 Å². The molecule has 0 aromatic heterocycles. The largest absolute Gasteiger partial charge is 0.497 e. The van der Waals surface area contributed by atoms with Crippen LogP contribution in [-0.4, -0.2) is 27.7 Å². The summed E-state index contributed by atoms with van der Waals surface area (Å²) in [5, 5.41) is 0. The second-order valence-electron chi connectivity index (χ2n) is 6.54. The fourth-order valence-corrected chi connectivity index (χ4v) is 4.08. The molecule has 2 aliphatic heterocycles. The van der Waals surface area contributed by atoms with E-state index in [1.54, 1.807) is 25.8 Å². The molecule has 0 radical (unpaired) electrons. The number of fused-ring (bicyclic) bond motifs is 2. The summed E-state index contributed by atoms with van der Waals surface area (Å²) >= 11 is 1.68. The Morgan fingerprint density at radius 1 is 0.964 bits per heavy atom. The molecule has 0 amide bonds. The van der Waals surface area contributed by atoms with Gasteiger partial charge < -0.3 is 14.0 Å². The maximum atomic E-state index is 5.39. The molecule has 0 saturated carbocycles. The van der Waals surface area contributed by atoms with Crippen molar-refractivity contribution in [2.75, 3.05) is 14.2 Å². The van der Waals surface area contributed by atoms with Crippen LogP contribution in [0, 0.1) is 0 Å². The van der Waals surface area contributed by atoms with Gasteiger partial charge in [-0.1, -0.05) is 23.7 Å². The molecular weight excluding hydrogens is 370 g/mol. The van der Waals surface area contributed by atoms with E-state index >= 15 is 0 Å². The van der Waals surface area contributed by atoms with Gasteiger partial charge in [0.25, 0.3) is 0 Å². The summed E-state index contributed by atoms with van der Waals surface area (Å²) in [5.74, 6) is 2.65. The topological polar surface area (TPSA) is 41.2 Å². The number of ether oxygens (including phenoxy) is 2. The fraction of sp³-hybridized carbons (Fsp3) is 0.227. The van der Waals surface area contributed by atoms with Crippen LogP contribution in [0.5, 0.6) is 11.5 Å². The molecule has 28 heavy (non-hydrogen) atoms. The van der Waals surface area contributed by atoms with Gasteiger partial charge in [0, 0.05) is 25.9 Å². The molecule has 0 saturated heterocycles. The molecule has 5 nitrogen and oxygen atoms in total. The van der Waals surface area contributed by atoms with Crippen molar-refractivity contribution in [2.24, 2.45) is 7.05 Å². The van der Waals surface area contributed by atoms with Gasteiger partial charge in [0.1, 0.15) is 11.5 Å². The number of aryl methyl sites for hydroxylation is 3. The summed E-state index contributed by atoms with van der Waals surface area (Å²) in [6.45, 7) is 0.844. The van der Waals surface area contributed by atoms with E-state index in [0.717, 1.165) is 46.2 Å². The molecular formula is C22H23N3O2S. The molecule has 2 aromatic carbocycles. The molecule has 0 aliphatic carbocycles. The third kappa shape index (κ3) is 3.68. The Morgan fingerprint density at radius 3 is 2.46 bits per heavy atom. The third-order valence-corrected chi connectivity index (χ3v) is 5.80. The van der Waals surface area contributed by atoms with Crippen LogP contribution in [-0.2, 0) is 20.0 Å². The predicted octanol–water partition coefficient (Wildman–Crippen LogP) is 4.93. The number of aromatic nitrogens is 3. The van der Waals surface area contributed by atoms with E-state index in [1.807, 2.05) is 24.3 Å². The van der Waals surface area contributed by atoms with E-state index in [4.69, 9.17) is 14.5 Å². The van der Waals surface area contributed by atoms with Gasteiger partial charge in [-0.3, -0.25) is 3.96 Å². The highest BCUT2D eigenvalue weighted by Crippen LogP contribution is 2.27. The molecule has 0 unspecified atom stereocenters. The van der Waals surface area contributed by atoms with Gasteiger partial charge in [0.15, 0.2) is 5.82 Å². The molecule has 0 N–H and O–H groups in total. The lowest BCUT2D eigenvalue weighted by Gasteiger charge is -2.14. The molecule has 0 bridgehead atoms. The Balaban J connectivity index is 1.75. The average Bonchev–Trinajstić information content (AvgIpc) is 2.88. The molecule has 2 aromatic rings. The van der Waals surface area contributed by atoms with Crippen LogP contribution in [0.25, 0.3) is 21.7 Å². The van der Waals surface area contributed by atoms with Crippen molar-refractivity contribution < 1.29 is 9.47 Å². The summed E-state index contributed by atoms with van der Waals surface area (Å²) in [6, 6.07) is 18.4. The predicted molar refractivity (Wildman–Crippen MR) is 114 cm³/mol. The Bertz CT molecular complexity index is 1110. The van der Waals surface area contributed by atoms with Crippen LogP contribution >= 0.6 is 11.5 Å². The minimum atomic E-state index is 0.815. The first-order valence-corrected chi connectivity index (χ1v) is 9.92. The van der Waals surface area contributed by atoms with Gasteiger partial charge in [-0.05, 0) is 48.4 Å². The summed E-state index contributed by atoms with van der Waals surface area (Å²) in [7, 11) is 5.44. The smallest absolute Gasteiger partial charge is 0.158 e. The zero-order chi connectivity index (χ0) is 19.5. The van der Waals surface area contributed by atoms with Crippen molar-refractivity contribution in [3.63, 3.8) is 0 Å². The van der Waals surface area contributed by atoms with Crippen LogP contribution in [0.15, 0.2) is 60.8 Å². The third-order valence-electron chi connectivity index (χ3n) is 4.79. The zero-order valence-electron chi connectivity index (χ0n) is 16.3. The molecule has 2 heterocycles. The maximum Gasteiger partial charge on any atom is 0.158 e. The summed E-state index contributed by atoms with van der Waals surface area (Å²) in [6.07, 6.45) is 3.01. The number of benzene rings is 2. The molecule has 2 aliphatic rings. The summed E-state index contributed by atoms with van der Waals surface area (Å²) in [5.41, 5.74) is 3.29. The lowest BCUT2D eigenvalue weighted by Crippen LogP contribution is -2.09. The highest BCUT2D eigenvalue weighted by Gasteiger charge is 2.11. The van der Waals surface area contributed by atoms with Crippen LogP contribution in [0.3, 0.4) is 0 Å².